The molecular weight excluding hydrogens is 142 g/mol. The number of aliphatic hydroxyl groups is 1. The van der Waals surface area contributed by atoms with E-state index in [0.29, 0.717) is 19.3 Å². The van der Waals surface area contributed by atoms with Gasteiger partial charge in [-0.25, -0.2) is 0 Å². The molecule has 0 amide bonds. The lowest BCUT2D eigenvalue weighted by Gasteiger charge is -2.12. The molecule has 0 bridgehead atoms. The average Bonchev–Trinajstić information content (AvgIpc) is 2.01. The van der Waals surface area contributed by atoms with Gasteiger partial charge >= 0.3 is 0 Å². The maximum Gasteiger partial charge on any atom is 0.0698 e. The Hall–Kier alpha value is -0.120. The highest BCUT2D eigenvalue weighted by molar-refractivity contribution is 4.57. The van der Waals surface area contributed by atoms with Gasteiger partial charge in [-0.05, 0) is 19.9 Å². The first-order valence-electron chi connectivity index (χ1n) is 4.23. The summed E-state index contributed by atoms with van der Waals surface area (Å²) in [6.45, 7) is 6.48. The molecular formula is C8H19NO2. The van der Waals surface area contributed by atoms with Gasteiger partial charge in [0.05, 0.1) is 19.8 Å². The zero-order valence-corrected chi connectivity index (χ0v) is 7.47. The third-order valence-electron chi connectivity index (χ3n) is 1.35. The van der Waals surface area contributed by atoms with Crippen molar-refractivity contribution in [2.75, 3.05) is 26.4 Å². The van der Waals surface area contributed by atoms with Crippen LogP contribution in [0.25, 0.3) is 0 Å². The minimum atomic E-state index is 0.112. The Morgan fingerprint density at radius 3 is 2.82 bits per heavy atom. The largest absolute Gasteiger partial charge is 0.394 e. The molecule has 0 radical (unpaired) electrons. The Bertz CT molecular complexity index is 78.5. The van der Waals surface area contributed by atoms with Crippen LogP contribution in [0.4, 0.5) is 0 Å². The second-order valence-electron chi connectivity index (χ2n) is 2.65. The van der Waals surface area contributed by atoms with Crippen LogP contribution in [0.2, 0.25) is 0 Å². The van der Waals surface area contributed by atoms with E-state index < -0.39 is 0 Å². The van der Waals surface area contributed by atoms with Crippen LogP contribution in [-0.4, -0.2) is 37.5 Å². The van der Waals surface area contributed by atoms with Gasteiger partial charge in [-0.3, -0.25) is 0 Å². The highest BCUT2D eigenvalue weighted by atomic mass is 16.5. The molecule has 11 heavy (non-hydrogen) atoms. The van der Waals surface area contributed by atoms with E-state index in [0.717, 1.165) is 13.0 Å². The molecule has 1 atom stereocenters. The summed E-state index contributed by atoms with van der Waals surface area (Å²) in [6, 6.07) is 0.390. The Morgan fingerprint density at radius 2 is 2.27 bits per heavy atom. The third kappa shape index (κ3) is 7.78. The van der Waals surface area contributed by atoms with E-state index in [9.17, 15) is 0 Å². The summed E-state index contributed by atoms with van der Waals surface area (Å²) in [5, 5.41) is 11.7. The molecule has 0 aliphatic rings. The predicted octanol–water partition coefficient (Wildman–Crippen LogP) is 0.383. The molecule has 0 aliphatic carbocycles. The van der Waals surface area contributed by atoms with E-state index >= 15 is 0 Å². The molecule has 0 aromatic heterocycles. The maximum atomic E-state index is 8.41. The second kappa shape index (κ2) is 7.98. The smallest absolute Gasteiger partial charge is 0.0698 e. The SMILES string of the molecule is CCCNC(C)COCCO. The molecule has 0 aromatic rings. The quantitative estimate of drug-likeness (QED) is 0.530. The van der Waals surface area contributed by atoms with Crippen molar-refractivity contribution in [1.82, 2.24) is 5.32 Å². The van der Waals surface area contributed by atoms with Crippen molar-refractivity contribution in [1.29, 1.82) is 0 Å². The van der Waals surface area contributed by atoms with E-state index in [1.807, 2.05) is 0 Å². The number of hydrogen-bond acceptors (Lipinski definition) is 3. The van der Waals surface area contributed by atoms with Crippen LogP contribution in [0.5, 0.6) is 0 Å². The summed E-state index contributed by atoms with van der Waals surface area (Å²) in [4.78, 5) is 0. The highest BCUT2D eigenvalue weighted by Gasteiger charge is 1.98. The Labute approximate surface area is 68.8 Å². The van der Waals surface area contributed by atoms with E-state index in [1.165, 1.54) is 0 Å². The van der Waals surface area contributed by atoms with E-state index in [4.69, 9.17) is 9.84 Å². The molecule has 68 valence electrons. The summed E-state index contributed by atoms with van der Waals surface area (Å²) < 4.78 is 5.13. The molecule has 0 fully saturated rings. The molecule has 1 unspecified atom stereocenters. The summed E-state index contributed by atoms with van der Waals surface area (Å²) in [6.07, 6.45) is 1.14. The maximum absolute atomic E-state index is 8.41. The molecule has 0 aromatic carbocycles. The van der Waals surface area contributed by atoms with Gasteiger partial charge in [0.1, 0.15) is 0 Å². The fraction of sp³-hybridized carbons (Fsp3) is 1.00. The second-order valence-corrected chi connectivity index (χ2v) is 2.65. The van der Waals surface area contributed by atoms with Gasteiger partial charge in [0, 0.05) is 6.04 Å². The van der Waals surface area contributed by atoms with Crippen molar-refractivity contribution in [3.05, 3.63) is 0 Å². The third-order valence-corrected chi connectivity index (χ3v) is 1.35. The zero-order chi connectivity index (χ0) is 8.53. The van der Waals surface area contributed by atoms with Crippen LogP contribution in [0, 0.1) is 0 Å². The van der Waals surface area contributed by atoms with Crippen LogP contribution in [0.15, 0.2) is 0 Å². The lowest BCUT2D eigenvalue weighted by molar-refractivity contribution is 0.0798. The van der Waals surface area contributed by atoms with Crippen LogP contribution in [0.3, 0.4) is 0 Å². The monoisotopic (exact) mass is 161 g/mol. The average molecular weight is 161 g/mol. The molecule has 0 spiro atoms. The van der Waals surface area contributed by atoms with Gasteiger partial charge in [0.15, 0.2) is 0 Å². The first-order valence-corrected chi connectivity index (χ1v) is 4.23. The minimum absolute atomic E-state index is 0.112. The lowest BCUT2D eigenvalue weighted by Crippen LogP contribution is -2.31. The van der Waals surface area contributed by atoms with Gasteiger partial charge in [0.25, 0.3) is 0 Å². The summed E-state index contributed by atoms with van der Waals surface area (Å²) >= 11 is 0. The minimum Gasteiger partial charge on any atom is -0.394 e. The fourth-order valence-electron chi connectivity index (χ4n) is 0.774. The van der Waals surface area contributed by atoms with Crippen molar-refractivity contribution in [3.8, 4) is 0 Å². The van der Waals surface area contributed by atoms with E-state index in [-0.39, 0.29) is 6.61 Å². The first-order chi connectivity index (χ1) is 5.31. The molecule has 0 saturated carbocycles. The number of nitrogens with one attached hydrogen (secondary N) is 1. The van der Waals surface area contributed by atoms with Crippen LogP contribution >= 0.6 is 0 Å². The predicted molar refractivity (Wildman–Crippen MR) is 45.7 cm³/mol. The fourth-order valence-corrected chi connectivity index (χ4v) is 0.774. The molecule has 3 heteroatoms. The van der Waals surface area contributed by atoms with Crippen molar-refractivity contribution < 1.29 is 9.84 Å². The van der Waals surface area contributed by atoms with Gasteiger partial charge in [-0.1, -0.05) is 6.92 Å². The molecule has 0 heterocycles. The number of hydrogen-bond donors (Lipinski definition) is 2. The number of aliphatic hydroxyl groups excluding tert-OH is 1. The molecule has 2 N–H and O–H groups in total. The Balaban J connectivity index is 3.02. The first kappa shape index (κ1) is 10.9. The normalized spacial score (nSPS) is 13.4. The lowest BCUT2D eigenvalue weighted by atomic mass is 10.3. The zero-order valence-electron chi connectivity index (χ0n) is 7.47. The number of ether oxygens (including phenoxy) is 1. The van der Waals surface area contributed by atoms with E-state index in [2.05, 4.69) is 19.2 Å². The van der Waals surface area contributed by atoms with Gasteiger partial charge in [-0.2, -0.15) is 0 Å². The van der Waals surface area contributed by atoms with Crippen molar-refractivity contribution in [2.45, 2.75) is 26.3 Å². The summed E-state index contributed by atoms with van der Waals surface area (Å²) in [5.74, 6) is 0. The highest BCUT2D eigenvalue weighted by Crippen LogP contribution is 1.84. The summed E-state index contributed by atoms with van der Waals surface area (Å²) in [7, 11) is 0. The van der Waals surface area contributed by atoms with Crippen molar-refractivity contribution >= 4 is 0 Å². The van der Waals surface area contributed by atoms with Crippen molar-refractivity contribution in [3.63, 3.8) is 0 Å². The van der Waals surface area contributed by atoms with Crippen molar-refractivity contribution in [2.24, 2.45) is 0 Å². The molecule has 0 saturated heterocycles. The Kier molecular flexibility index (Phi) is 7.89. The van der Waals surface area contributed by atoms with Crippen LogP contribution in [-0.2, 0) is 4.74 Å². The van der Waals surface area contributed by atoms with Crippen LogP contribution in [0.1, 0.15) is 20.3 Å². The molecule has 3 nitrogen and oxygen atoms in total. The summed E-state index contributed by atoms with van der Waals surface area (Å²) in [5.41, 5.74) is 0. The van der Waals surface area contributed by atoms with Crippen LogP contribution < -0.4 is 5.32 Å². The van der Waals surface area contributed by atoms with Gasteiger partial charge in [-0.15, -0.1) is 0 Å². The van der Waals surface area contributed by atoms with Gasteiger partial charge < -0.3 is 15.2 Å². The number of rotatable bonds is 7. The standard InChI is InChI=1S/C8H19NO2/c1-3-4-9-8(2)7-11-6-5-10/h8-10H,3-7H2,1-2H3. The van der Waals surface area contributed by atoms with E-state index in [1.54, 1.807) is 0 Å². The van der Waals surface area contributed by atoms with Gasteiger partial charge in [0.2, 0.25) is 0 Å². The molecule has 0 rings (SSSR count). The topological polar surface area (TPSA) is 41.5 Å². The molecule has 0 aliphatic heterocycles. The Morgan fingerprint density at radius 1 is 1.55 bits per heavy atom.